The van der Waals surface area contributed by atoms with Crippen LogP contribution in [0.5, 0.6) is 0 Å². The molecule has 0 aliphatic heterocycles. The number of halogens is 3. The van der Waals surface area contributed by atoms with E-state index in [-0.39, 0.29) is 15.6 Å². The Morgan fingerprint density at radius 2 is 1.36 bits per heavy atom. The van der Waals surface area contributed by atoms with E-state index in [4.69, 9.17) is 34.8 Å². The number of hydrogen-bond donors (Lipinski definition) is 0. The molecule has 14 heavy (non-hydrogen) atoms. The summed E-state index contributed by atoms with van der Waals surface area (Å²) in [4.78, 5) is 15.6. The van der Waals surface area contributed by atoms with Gasteiger partial charge in [-0.3, -0.25) is 0 Å². The van der Waals surface area contributed by atoms with Gasteiger partial charge in [0.1, 0.15) is 16.9 Å². The van der Waals surface area contributed by atoms with Crippen molar-refractivity contribution in [2.24, 2.45) is 0 Å². The van der Waals surface area contributed by atoms with Crippen LogP contribution in [0.4, 0.5) is 0 Å². The lowest BCUT2D eigenvalue weighted by atomic mass is 10.4. The number of nitrogens with zero attached hydrogens (tertiary/aromatic N) is 4. The van der Waals surface area contributed by atoms with Gasteiger partial charge in [0.25, 0.3) is 0 Å². The molecule has 0 saturated heterocycles. The summed E-state index contributed by atoms with van der Waals surface area (Å²) >= 11 is 17.3. The lowest BCUT2D eigenvalue weighted by molar-refractivity contribution is 1.07. The number of aromatic nitrogens is 4. The van der Waals surface area contributed by atoms with Crippen molar-refractivity contribution in [2.45, 2.75) is 6.92 Å². The molecule has 0 N–H and O–H groups in total. The Bertz CT molecular complexity index is 467. The highest BCUT2D eigenvalue weighted by atomic mass is 35.5. The Hall–Kier alpha value is -0.710. The van der Waals surface area contributed by atoms with Gasteiger partial charge in [0.05, 0.1) is 0 Å². The normalized spacial score (nSPS) is 10.9. The molecule has 0 aromatic carbocycles. The Kier molecular flexibility index (Phi) is 2.43. The van der Waals surface area contributed by atoms with Gasteiger partial charge in [-0.1, -0.05) is 23.2 Å². The molecule has 0 radical (unpaired) electrons. The van der Waals surface area contributed by atoms with Gasteiger partial charge < -0.3 is 0 Å². The van der Waals surface area contributed by atoms with E-state index >= 15 is 0 Å². The maximum Gasteiger partial charge on any atom is 0.224 e. The van der Waals surface area contributed by atoms with Crippen LogP contribution in [0.2, 0.25) is 15.6 Å². The van der Waals surface area contributed by atoms with E-state index in [1.54, 1.807) is 6.92 Å². The minimum atomic E-state index is 0.0249. The summed E-state index contributed by atoms with van der Waals surface area (Å²) < 4.78 is 0. The van der Waals surface area contributed by atoms with Crippen LogP contribution in [0.3, 0.4) is 0 Å². The van der Waals surface area contributed by atoms with E-state index < -0.39 is 0 Å². The van der Waals surface area contributed by atoms with Crippen LogP contribution >= 0.6 is 34.8 Å². The molecular weight excluding hydrogens is 246 g/mol. The fourth-order valence-electron chi connectivity index (χ4n) is 1.03. The molecule has 4 nitrogen and oxygen atoms in total. The SMILES string of the molecule is Cc1nc(Cl)c2nc(Cl)nc(Cl)c2n1. The summed E-state index contributed by atoms with van der Waals surface area (Å²) in [6, 6.07) is 0. The average molecular weight is 249 g/mol. The van der Waals surface area contributed by atoms with E-state index in [9.17, 15) is 0 Å². The molecule has 0 aliphatic carbocycles. The van der Waals surface area contributed by atoms with E-state index in [0.29, 0.717) is 16.9 Å². The van der Waals surface area contributed by atoms with Gasteiger partial charge in [-0.2, -0.15) is 0 Å². The first-order valence-electron chi connectivity index (χ1n) is 3.61. The van der Waals surface area contributed by atoms with Crippen molar-refractivity contribution in [1.82, 2.24) is 19.9 Å². The summed E-state index contributed by atoms with van der Waals surface area (Å²) in [5, 5.41) is 0.419. The first kappa shape index (κ1) is 9.83. The zero-order chi connectivity index (χ0) is 10.3. The van der Waals surface area contributed by atoms with E-state index in [1.165, 1.54) is 0 Å². The molecule has 0 aliphatic rings. The third-order valence-electron chi connectivity index (χ3n) is 1.54. The number of hydrogen-bond acceptors (Lipinski definition) is 4. The van der Waals surface area contributed by atoms with Crippen molar-refractivity contribution in [2.75, 3.05) is 0 Å². The Morgan fingerprint density at radius 3 is 2.07 bits per heavy atom. The number of fused-ring (bicyclic) bond motifs is 1. The molecule has 0 atom stereocenters. The topological polar surface area (TPSA) is 51.6 Å². The molecule has 0 bridgehead atoms. The van der Waals surface area contributed by atoms with Gasteiger partial charge in [-0.15, -0.1) is 0 Å². The van der Waals surface area contributed by atoms with Crippen molar-refractivity contribution in [1.29, 1.82) is 0 Å². The number of rotatable bonds is 0. The second kappa shape index (κ2) is 3.46. The first-order chi connectivity index (χ1) is 6.58. The van der Waals surface area contributed by atoms with Crippen LogP contribution in [0, 0.1) is 6.92 Å². The van der Waals surface area contributed by atoms with Gasteiger partial charge in [-0.05, 0) is 18.5 Å². The lowest BCUT2D eigenvalue weighted by Crippen LogP contribution is -1.95. The van der Waals surface area contributed by atoms with Crippen LogP contribution in [0.15, 0.2) is 0 Å². The highest BCUT2D eigenvalue weighted by molar-refractivity contribution is 6.38. The molecule has 0 spiro atoms. The van der Waals surface area contributed by atoms with Crippen molar-refractivity contribution in [3.63, 3.8) is 0 Å². The fourth-order valence-corrected chi connectivity index (χ4v) is 1.70. The minimum absolute atomic E-state index is 0.0249. The van der Waals surface area contributed by atoms with Crippen molar-refractivity contribution in [3.8, 4) is 0 Å². The average Bonchev–Trinajstić information content (AvgIpc) is 2.07. The van der Waals surface area contributed by atoms with Crippen LogP contribution < -0.4 is 0 Å². The predicted octanol–water partition coefficient (Wildman–Crippen LogP) is 2.69. The van der Waals surface area contributed by atoms with Crippen molar-refractivity contribution >= 4 is 45.8 Å². The third kappa shape index (κ3) is 1.61. The van der Waals surface area contributed by atoms with Crippen LogP contribution in [-0.4, -0.2) is 19.9 Å². The maximum absolute atomic E-state index is 5.85. The maximum atomic E-state index is 5.85. The van der Waals surface area contributed by atoms with Crippen molar-refractivity contribution in [3.05, 3.63) is 21.4 Å². The zero-order valence-corrected chi connectivity index (χ0v) is 9.19. The minimum Gasteiger partial charge on any atom is -0.228 e. The third-order valence-corrected chi connectivity index (χ3v) is 2.24. The Labute approximate surface area is 94.3 Å². The summed E-state index contributed by atoms with van der Waals surface area (Å²) in [5.41, 5.74) is 0.774. The summed E-state index contributed by atoms with van der Waals surface area (Å²) in [7, 11) is 0. The van der Waals surface area contributed by atoms with Crippen molar-refractivity contribution < 1.29 is 0 Å². The van der Waals surface area contributed by atoms with Crippen LogP contribution in [-0.2, 0) is 0 Å². The summed E-state index contributed by atoms with van der Waals surface area (Å²) in [5.74, 6) is 0.510. The second-order valence-electron chi connectivity index (χ2n) is 2.54. The Morgan fingerprint density at radius 1 is 0.786 bits per heavy atom. The van der Waals surface area contributed by atoms with E-state index in [0.717, 1.165) is 0 Å². The standard InChI is InChI=1S/C7H3Cl3N4/c1-2-11-3-4(5(8)12-2)13-7(10)14-6(3)9/h1H3. The molecule has 2 aromatic rings. The molecule has 2 aromatic heterocycles. The Balaban J connectivity index is 2.94. The van der Waals surface area contributed by atoms with Gasteiger partial charge in [-0.25, -0.2) is 19.9 Å². The molecule has 0 fully saturated rings. The fraction of sp³-hybridized carbons (Fsp3) is 0.143. The molecule has 72 valence electrons. The molecular formula is C7H3Cl3N4. The number of aryl methyl sites for hydroxylation is 1. The van der Waals surface area contributed by atoms with Gasteiger partial charge in [0.2, 0.25) is 5.28 Å². The first-order valence-corrected chi connectivity index (χ1v) is 4.74. The molecule has 7 heteroatoms. The van der Waals surface area contributed by atoms with E-state index in [2.05, 4.69) is 19.9 Å². The van der Waals surface area contributed by atoms with Crippen LogP contribution in [0.25, 0.3) is 11.0 Å². The monoisotopic (exact) mass is 248 g/mol. The molecule has 2 heterocycles. The predicted molar refractivity (Wildman–Crippen MR) is 54.9 cm³/mol. The van der Waals surface area contributed by atoms with Gasteiger partial charge in [0, 0.05) is 0 Å². The molecule has 2 rings (SSSR count). The molecule has 0 amide bonds. The highest BCUT2D eigenvalue weighted by Crippen LogP contribution is 2.24. The largest absolute Gasteiger partial charge is 0.228 e. The smallest absolute Gasteiger partial charge is 0.224 e. The van der Waals surface area contributed by atoms with Crippen LogP contribution in [0.1, 0.15) is 5.82 Å². The molecule has 0 unspecified atom stereocenters. The lowest BCUT2D eigenvalue weighted by Gasteiger charge is -2.01. The van der Waals surface area contributed by atoms with Gasteiger partial charge >= 0.3 is 0 Å². The van der Waals surface area contributed by atoms with E-state index in [1.807, 2.05) is 0 Å². The quantitative estimate of drug-likeness (QED) is 0.532. The zero-order valence-electron chi connectivity index (χ0n) is 6.92. The molecule has 0 saturated carbocycles. The summed E-state index contributed by atoms with van der Waals surface area (Å²) in [6.07, 6.45) is 0. The second-order valence-corrected chi connectivity index (χ2v) is 3.60. The summed E-state index contributed by atoms with van der Waals surface area (Å²) in [6.45, 7) is 1.70. The van der Waals surface area contributed by atoms with Gasteiger partial charge in [0.15, 0.2) is 10.3 Å². The highest BCUT2D eigenvalue weighted by Gasteiger charge is 2.11.